The zero-order valence-corrected chi connectivity index (χ0v) is 15.1. The zero-order chi connectivity index (χ0) is 17.4. The SMILES string of the molecule is CC(C)=CC(=O)Nc1cccc(B2OC(C)(C)C(C)(C)O2)c1C. The molecule has 0 atom stereocenters. The molecule has 0 saturated carbocycles. The fourth-order valence-electron chi connectivity index (χ4n) is 2.45. The number of benzene rings is 1. The topological polar surface area (TPSA) is 47.6 Å². The lowest BCUT2D eigenvalue weighted by atomic mass is 9.76. The van der Waals surface area contributed by atoms with Crippen molar-refractivity contribution in [2.75, 3.05) is 5.32 Å². The van der Waals surface area contributed by atoms with Gasteiger partial charge in [-0.25, -0.2) is 0 Å². The van der Waals surface area contributed by atoms with E-state index in [9.17, 15) is 4.79 Å². The molecule has 0 spiro atoms. The van der Waals surface area contributed by atoms with E-state index in [-0.39, 0.29) is 17.1 Å². The van der Waals surface area contributed by atoms with Gasteiger partial charge >= 0.3 is 7.12 Å². The smallest absolute Gasteiger partial charge is 0.399 e. The number of carbonyl (C=O) groups excluding carboxylic acids is 1. The Balaban J connectivity index is 2.28. The Labute approximate surface area is 139 Å². The molecule has 124 valence electrons. The molecule has 23 heavy (non-hydrogen) atoms. The van der Waals surface area contributed by atoms with E-state index in [1.165, 1.54) is 0 Å². The molecule has 1 fully saturated rings. The van der Waals surface area contributed by atoms with Crippen LogP contribution in [-0.4, -0.2) is 24.2 Å². The second kappa shape index (κ2) is 6.14. The summed E-state index contributed by atoms with van der Waals surface area (Å²) in [6.07, 6.45) is 1.58. The van der Waals surface area contributed by atoms with Crippen molar-refractivity contribution in [1.29, 1.82) is 0 Å². The van der Waals surface area contributed by atoms with E-state index in [4.69, 9.17) is 9.31 Å². The number of rotatable bonds is 3. The van der Waals surface area contributed by atoms with Gasteiger partial charge in [-0.05, 0) is 65.6 Å². The summed E-state index contributed by atoms with van der Waals surface area (Å²) in [5.74, 6) is -0.126. The lowest BCUT2D eigenvalue weighted by Crippen LogP contribution is -2.41. The average Bonchev–Trinajstić information content (AvgIpc) is 2.59. The Kier molecular flexibility index (Phi) is 4.74. The molecular formula is C18H26BNO3. The van der Waals surface area contributed by atoms with Gasteiger partial charge in [-0.1, -0.05) is 17.7 Å². The Hall–Kier alpha value is -1.59. The molecule has 5 heteroatoms. The van der Waals surface area contributed by atoms with E-state index in [0.717, 1.165) is 22.3 Å². The summed E-state index contributed by atoms with van der Waals surface area (Å²) in [7, 11) is -0.430. The second-order valence-electron chi connectivity index (χ2n) is 7.32. The predicted octanol–water partition coefficient (Wildman–Crippen LogP) is 3.20. The third kappa shape index (κ3) is 3.67. The molecule has 0 aromatic heterocycles. The van der Waals surface area contributed by atoms with Crippen molar-refractivity contribution >= 4 is 24.2 Å². The number of nitrogens with one attached hydrogen (secondary N) is 1. The highest BCUT2D eigenvalue weighted by atomic mass is 16.7. The van der Waals surface area contributed by atoms with Gasteiger partial charge in [0.2, 0.25) is 5.91 Å². The highest BCUT2D eigenvalue weighted by Gasteiger charge is 2.52. The number of hydrogen-bond donors (Lipinski definition) is 1. The number of hydrogen-bond acceptors (Lipinski definition) is 3. The van der Waals surface area contributed by atoms with E-state index in [2.05, 4.69) is 5.32 Å². The van der Waals surface area contributed by atoms with Crippen LogP contribution in [0.25, 0.3) is 0 Å². The molecular weight excluding hydrogens is 289 g/mol. The number of anilines is 1. The number of carbonyl (C=O) groups is 1. The highest BCUT2D eigenvalue weighted by Crippen LogP contribution is 2.36. The van der Waals surface area contributed by atoms with Crippen molar-refractivity contribution in [2.24, 2.45) is 0 Å². The number of amides is 1. The molecule has 1 saturated heterocycles. The first kappa shape index (κ1) is 17.8. The predicted molar refractivity (Wildman–Crippen MR) is 95.0 cm³/mol. The molecule has 1 heterocycles. The fourth-order valence-corrected chi connectivity index (χ4v) is 2.45. The third-order valence-electron chi connectivity index (χ3n) is 4.56. The first-order valence-corrected chi connectivity index (χ1v) is 7.94. The van der Waals surface area contributed by atoms with Gasteiger partial charge in [0.1, 0.15) is 0 Å². The largest absolute Gasteiger partial charge is 0.495 e. The summed E-state index contributed by atoms with van der Waals surface area (Å²) in [4.78, 5) is 12.0. The average molecular weight is 315 g/mol. The van der Waals surface area contributed by atoms with Crippen LogP contribution in [0.3, 0.4) is 0 Å². The van der Waals surface area contributed by atoms with Crippen molar-refractivity contribution in [1.82, 2.24) is 0 Å². The molecule has 0 radical (unpaired) electrons. The van der Waals surface area contributed by atoms with Crippen molar-refractivity contribution in [2.45, 2.75) is 59.7 Å². The van der Waals surface area contributed by atoms with E-state index in [1.54, 1.807) is 6.08 Å². The molecule has 1 N–H and O–H groups in total. The van der Waals surface area contributed by atoms with E-state index >= 15 is 0 Å². The Morgan fingerprint density at radius 3 is 2.22 bits per heavy atom. The van der Waals surface area contributed by atoms with Crippen LogP contribution in [0.1, 0.15) is 47.1 Å². The first-order chi connectivity index (χ1) is 10.5. The van der Waals surface area contributed by atoms with Crippen LogP contribution < -0.4 is 10.8 Å². The van der Waals surface area contributed by atoms with Crippen molar-refractivity contribution in [3.05, 3.63) is 35.4 Å². The second-order valence-corrected chi connectivity index (χ2v) is 7.32. The summed E-state index contributed by atoms with van der Waals surface area (Å²) in [6, 6.07) is 5.78. The quantitative estimate of drug-likeness (QED) is 0.688. The minimum Gasteiger partial charge on any atom is -0.399 e. The van der Waals surface area contributed by atoms with Gasteiger partial charge in [-0.15, -0.1) is 0 Å². The molecule has 0 bridgehead atoms. The van der Waals surface area contributed by atoms with Gasteiger partial charge in [-0.2, -0.15) is 0 Å². The van der Waals surface area contributed by atoms with Crippen LogP contribution in [0.15, 0.2) is 29.8 Å². The van der Waals surface area contributed by atoms with Gasteiger partial charge in [0, 0.05) is 11.8 Å². The van der Waals surface area contributed by atoms with Crippen LogP contribution in [0, 0.1) is 6.92 Å². The molecule has 1 aromatic rings. The first-order valence-electron chi connectivity index (χ1n) is 7.94. The molecule has 0 aliphatic carbocycles. The summed E-state index contributed by atoms with van der Waals surface area (Å²) in [5.41, 5.74) is 2.87. The maximum Gasteiger partial charge on any atom is 0.495 e. The Morgan fingerprint density at radius 2 is 1.70 bits per heavy atom. The van der Waals surface area contributed by atoms with Crippen molar-refractivity contribution < 1.29 is 14.1 Å². The molecule has 1 aliphatic rings. The van der Waals surface area contributed by atoms with Crippen LogP contribution in [0.5, 0.6) is 0 Å². The molecule has 4 nitrogen and oxygen atoms in total. The third-order valence-corrected chi connectivity index (χ3v) is 4.56. The molecule has 0 unspecified atom stereocenters. The highest BCUT2D eigenvalue weighted by molar-refractivity contribution is 6.62. The van der Waals surface area contributed by atoms with Crippen LogP contribution in [0.2, 0.25) is 0 Å². The van der Waals surface area contributed by atoms with Crippen LogP contribution in [0.4, 0.5) is 5.69 Å². The lowest BCUT2D eigenvalue weighted by Gasteiger charge is -2.32. The summed E-state index contributed by atoms with van der Waals surface area (Å²) >= 11 is 0. The number of allylic oxidation sites excluding steroid dienone is 1. The van der Waals surface area contributed by atoms with Crippen molar-refractivity contribution in [3.63, 3.8) is 0 Å². The standard InChI is InChI=1S/C18H26BNO3/c1-12(2)11-16(21)20-15-10-8-9-14(13(15)3)19-22-17(4,5)18(6,7)23-19/h8-11H,1-7H3,(H,20,21). The maximum atomic E-state index is 12.0. The summed E-state index contributed by atoms with van der Waals surface area (Å²) in [5, 5.41) is 2.92. The van der Waals surface area contributed by atoms with E-state index < -0.39 is 7.12 Å². The minimum atomic E-state index is -0.430. The normalized spacial score (nSPS) is 18.7. The molecule has 1 aromatic carbocycles. The Bertz CT molecular complexity index is 630. The molecule has 1 amide bonds. The van der Waals surface area contributed by atoms with E-state index in [1.807, 2.05) is 66.7 Å². The van der Waals surface area contributed by atoms with E-state index in [0.29, 0.717) is 0 Å². The Morgan fingerprint density at radius 1 is 1.13 bits per heavy atom. The lowest BCUT2D eigenvalue weighted by molar-refractivity contribution is -0.111. The molecule has 1 aliphatic heterocycles. The summed E-state index contributed by atoms with van der Waals surface area (Å²) in [6.45, 7) is 13.9. The zero-order valence-electron chi connectivity index (χ0n) is 15.1. The minimum absolute atomic E-state index is 0.126. The van der Waals surface area contributed by atoms with Crippen molar-refractivity contribution in [3.8, 4) is 0 Å². The van der Waals surface area contributed by atoms with Gasteiger partial charge < -0.3 is 14.6 Å². The molecule has 2 rings (SSSR count). The maximum absolute atomic E-state index is 12.0. The fraction of sp³-hybridized carbons (Fsp3) is 0.500. The summed E-state index contributed by atoms with van der Waals surface area (Å²) < 4.78 is 12.2. The van der Waals surface area contributed by atoms with Gasteiger partial charge in [0.05, 0.1) is 11.2 Å². The van der Waals surface area contributed by atoms with Crippen LogP contribution in [-0.2, 0) is 14.1 Å². The van der Waals surface area contributed by atoms with Crippen LogP contribution >= 0.6 is 0 Å². The van der Waals surface area contributed by atoms with Gasteiger partial charge in [-0.3, -0.25) is 4.79 Å². The van der Waals surface area contributed by atoms with Gasteiger partial charge in [0.15, 0.2) is 0 Å². The monoisotopic (exact) mass is 315 g/mol. The van der Waals surface area contributed by atoms with Gasteiger partial charge in [0.25, 0.3) is 0 Å².